The summed E-state index contributed by atoms with van der Waals surface area (Å²) in [7, 11) is 0. The summed E-state index contributed by atoms with van der Waals surface area (Å²) in [5, 5.41) is 0. The van der Waals surface area contributed by atoms with Crippen molar-refractivity contribution in [2.75, 3.05) is 24.5 Å². The third-order valence-electron chi connectivity index (χ3n) is 4.68. The molecule has 2 heterocycles. The van der Waals surface area contributed by atoms with Crippen LogP contribution in [0.5, 0.6) is 0 Å². The van der Waals surface area contributed by atoms with Gasteiger partial charge in [0.1, 0.15) is 0 Å². The second-order valence-electron chi connectivity index (χ2n) is 6.31. The monoisotopic (exact) mass is 340 g/mol. The molecular formula is C17H19F3N2O2. The van der Waals surface area contributed by atoms with Crippen molar-refractivity contribution >= 4 is 17.5 Å². The molecule has 0 aliphatic carbocycles. The minimum absolute atomic E-state index is 0.0543. The summed E-state index contributed by atoms with van der Waals surface area (Å²) in [6, 6.07) is 7.60. The second-order valence-corrected chi connectivity index (χ2v) is 6.31. The minimum atomic E-state index is -4.89. The average molecular weight is 340 g/mol. The maximum atomic E-state index is 12.8. The van der Waals surface area contributed by atoms with E-state index in [1.165, 1.54) is 0 Å². The molecule has 0 saturated carbocycles. The Kier molecular flexibility index (Phi) is 4.51. The second kappa shape index (κ2) is 6.45. The quantitative estimate of drug-likeness (QED) is 0.789. The molecule has 1 fully saturated rings. The van der Waals surface area contributed by atoms with Gasteiger partial charge >= 0.3 is 12.1 Å². The number of nitrogens with zero attached hydrogens (tertiary/aromatic N) is 2. The number of para-hydroxylation sites is 1. The lowest BCUT2D eigenvalue weighted by atomic mass is 9.94. The number of hydrogen-bond donors (Lipinski definition) is 0. The van der Waals surface area contributed by atoms with Gasteiger partial charge in [-0.05, 0) is 37.3 Å². The predicted molar refractivity (Wildman–Crippen MR) is 82.5 cm³/mol. The number of amides is 2. The molecule has 4 nitrogen and oxygen atoms in total. The van der Waals surface area contributed by atoms with Crippen LogP contribution >= 0.6 is 0 Å². The molecule has 0 spiro atoms. The van der Waals surface area contributed by atoms with Crippen molar-refractivity contribution in [2.45, 2.75) is 31.9 Å². The Bertz CT molecular complexity index is 645. The third-order valence-corrected chi connectivity index (χ3v) is 4.68. The molecule has 0 radical (unpaired) electrons. The fourth-order valence-corrected chi connectivity index (χ4v) is 3.53. The van der Waals surface area contributed by atoms with Crippen LogP contribution in [0.3, 0.4) is 0 Å². The Labute approximate surface area is 138 Å². The molecule has 1 aromatic carbocycles. The highest BCUT2D eigenvalue weighted by atomic mass is 19.4. The summed E-state index contributed by atoms with van der Waals surface area (Å²) in [6.07, 6.45) is -2.24. The smallest absolute Gasteiger partial charge is 0.334 e. The van der Waals surface area contributed by atoms with Crippen LogP contribution in [0.25, 0.3) is 0 Å². The maximum Gasteiger partial charge on any atom is 0.471 e. The number of fused-ring (bicyclic) bond motifs is 1. The molecule has 1 atom stereocenters. The first-order valence-corrected chi connectivity index (χ1v) is 8.13. The van der Waals surface area contributed by atoms with Crippen molar-refractivity contribution in [2.24, 2.45) is 5.92 Å². The first kappa shape index (κ1) is 16.8. The van der Waals surface area contributed by atoms with Crippen LogP contribution in [0.2, 0.25) is 0 Å². The van der Waals surface area contributed by atoms with Crippen molar-refractivity contribution in [3.05, 3.63) is 29.8 Å². The van der Waals surface area contributed by atoms with Gasteiger partial charge in [0, 0.05) is 25.3 Å². The van der Waals surface area contributed by atoms with E-state index in [1.807, 2.05) is 24.3 Å². The highest BCUT2D eigenvalue weighted by molar-refractivity contribution is 5.96. The van der Waals surface area contributed by atoms with Crippen molar-refractivity contribution in [3.63, 3.8) is 0 Å². The summed E-state index contributed by atoms with van der Waals surface area (Å²) >= 11 is 0. The van der Waals surface area contributed by atoms with E-state index in [2.05, 4.69) is 0 Å². The summed E-state index contributed by atoms with van der Waals surface area (Å²) in [5.74, 6) is -2.60. The van der Waals surface area contributed by atoms with Crippen molar-refractivity contribution in [3.8, 4) is 0 Å². The van der Waals surface area contributed by atoms with Crippen molar-refractivity contribution in [1.29, 1.82) is 0 Å². The topological polar surface area (TPSA) is 40.6 Å². The van der Waals surface area contributed by atoms with Gasteiger partial charge in [0.25, 0.3) is 0 Å². The lowest BCUT2D eigenvalue weighted by Gasteiger charge is -2.37. The molecule has 3 rings (SSSR count). The highest BCUT2D eigenvalue weighted by Gasteiger charge is 2.44. The van der Waals surface area contributed by atoms with E-state index < -0.39 is 18.0 Å². The predicted octanol–water partition coefficient (Wildman–Crippen LogP) is 2.77. The van der Waals surface area contributed by atoms with Gasteiger partial charge in [-0.2, -0.15) is 13.2 Å². The summed E-state index contributed by atoms with van der Waals surface area (Å²) in [5.41, 5.74) is 1.92. The number of benzene rings is 1. The number of likely N-dealkylation sites (tertiary alicyclic amines) is 1. The van der Waals surface area contributed by atoms with Gasteiger partial charge in [0.05, 0.1) is 5.92 Å². The van der Waals surface area contributed by atoms with Crippen molar-refractivity contribution < 1.29 is 22.8 Å². The Hall–Kier alpha value is -2.05. The molecule has 24 heavy (non-hydrogen) atoms. The zero-order valence-corrected chi connectivity index (χ0v) is 13.2. The van der Waals surface area contributed by atoms with E-state index >= 15 is 0 Å². The standard InChI is InChI=1S/C17H19F3N2O2/c18-17(19,20)16(24)21-9-3-7-13(11-21)15(23)22-10-4-6-12-5-1-2-8-14(12)22/h1-2,5,8,13H,3-4,6-7,9-11H2. The zero-order valence-electron chi connectivity index (χ0n) is 13.2. The lowest BCUT2D eigenvalue weighted by molar-refractivity contribution is -0.187. The van der Waals surface area contributed by atoms with Gasteiger partial charge in [0.15, 0.2) is 0 Å². The van der Waals surface area contributed by atoms with E-state index in [-0.39, 0.29) is 19.0 Å². The lowest BCUT2D eigenvalue weighted by Crippen LogP contribution is -2.51. The molecule has 0 N–H and O–H groups in total. The van der Waals surface area contributed by atoms with E-state index in [0.29, 0.717) is 19.4 Å². The normalized spacial score (nSPS) is 21.4. The molecule has 2 amide bonds. The number of carbonyl (C=O) groups excluding carboxylic acids is 2. The summed E-state index contributed by atoms with van der Waals surface area (Å²) in [4.78, 5) is 26.7. The van der Waals surface area contributed by atoms with Gasteiger partial charge in [-0.3, -0.25) is 9.59 Å². The largest absolute Gasteiger partial charge is 0.471 e. The number of halogens is 3. The molecule has 1 aromatic rings. The van der Waals surface area contributed by atoms with E-state index in [1.54, 1.807) is 4.90 Å². The number of carbonyl (C=O) groups is 2. The Balaban J connectivity index is 1.75. The molecule has 2 aliphatic rings. The average Bonchev–Trinajstić information content (AvgIpc) is 2.59. The van der Waals surface area contributed by atoms with Crippen molar-refractivity contribution in [1.82, 2.24) is 4.90 Å². The van der Waals surface area contributed by atoms with Crippen LogP contribution in [0.15, 0.2) is 24.3 Å². The third kappa shape index (κ3) is 3.25. The molecule has 7 heteroatoms. The maximum absolute atomic E-state index is 12.8. The molecule has 1 unspecified atom stereocenters. The minimum Gasteiger partial charge on any atom is -0.334 e. The van der Waals surface area contributed by atoms with E-state index in [4.69, 9.17) is 0 Å². The van der Waals surface area contributed by atoms with E-state index in [9.17, 15) is 22.8 Å². The van der Waals surface area contributed by atoms with Crippen LogP contribution in [-0.2, 0) is 16.0 Å². The molecule has 0 bridgehead atoms. The number of alkyl halides is 3. The number of piperidine rings is 1. The van der Waals surface area contributed by atoms with Gasteiger partial charge in [-0.15, -0.1) is 0 Å². The molecular weight excluding hydrogens is 321 g/mol. The number of rotatable bonds is 1. The Morgan fingerprint density at radius 1 is 1.08 bits per heavy atom. The number of anilines is 1. The number of hydrogen-bond acceptors (Lipinski definition) is 2. The van der Waals surface area contributed by atoms with E-state index in [0.717, 1.165) is 29.0 Å². The first-order valence-electron chi connectivity index (χ1n) is 8.13. The highest BCUT2D eigenvalue weighted by Crippen LogP contribution is 2.30. The fourth-order valence-electron chi connectivity index (χ4n) is 3.53. The fraction of sp³-hybridized carbons (Fsp3) is 0.529. The van der Waals surface area contributed by atoms with Gasteiger partial charge in [-0.25, -0.2) is 0 Å². The van der Waals surface area contributed by atoms with Crippen LogP contribution in [0, 0.1) is 5.92 Å². The van der Waals surface area contributed by atoms with Crippen LogP contribution in [0.4, 0.5) is 18.9 Å². The Morgan fingerprint density at radius 2 is 1.83 bits per heavy atom. The molecule has 130 valence electrons. The van der Waals surface area contributed by atoms with Crippen LogP contribution in [0.1, 0.15) is 24.8 Å². The summed E-state index contributed by atoms with van der Waals surface area (Å²) in [6.45, 7) is 0.466. The van der Waals surface area contributed by atoms with Gasteiger partial charge in [-0.1, -0.05) is 18.2 Å². The summed E-state index contributed by atoms with van der Waals surface area (Å²) < 4.78 is 37.9. The molecule has 0 aromatic heterocycles. The SMILES string of the molecule is O=C(C1CCCN(C(=O)C(F)(F)F)C1)N1CCCc2ccccc21. The van der Waals surface area contributed by atoms with Crippen LogP contribution < -0.4 is 4.90 Å². The molecule has 1 saturated heterocycles. The zero-order chi connectivity index (χ0) is 17.3. The van der Waals surface area contributed by atoms with Gasteiger partial charge < -0.3 is 9.80 Å². The van der Waals surface area contributed by atoms with Gasteiger partial charge in [0.2, 0.25) is 5.91 Å². The Morgan fingerprint density at radius 3 is 2.58 bits per heavy atom. The first-order chi connectivity index (χ1) is 11.4. The van der Waals surface area contributed by atoms with Crippen LogP contribution in [-0.4, -0.2) is 42.5 Å². The molecule has 2 aliphatic heterocycles. The number of aryl methyl sites for hydroxylation is 1.